The van der Waals surface area contributed by atoms with Crippen LogP contribution in [0.1, 0.15) is 24.3 Å². The van der Waals surface area contributed by atoms with E-state index in [4.69, 9.17) is 10.3 Å². The SMILES string of the molecule is CCc1nc(CSc2sc(N)nc2C)no1. The summed E-state index contributed by atoms with van der Waals surface area (Å²) < 4.78 is 6.14. The van der Waals surface area contributed by atoms with Gasteiger partial charge >= 0.3 is 0 Å². The van der Waals surface area contributed by atoms with Crippen LogP contribution in [0.5, 0.6) is 0 Å². The van der Waals surface area contributed by atoms with Crippen molar-refractivity contribution >= 4 is 28.2 Å². The third kappa shape index (κ3) is 2.53. The number of hydrogen-bond acceptors (Lipinski definition) is 7. The molecular weight excluding hydrogens is 244 g/mol. The van der Waals surface area contributed by atoms with Crippen molar-refractivity contribution < 1.29 is 4.52 Å². The van der Waals surface area contributed by atoms with Gasteiger partial charge < -0.3 is 10.3 Å². The minimum atomic E-state index is 0.599. The molecule has 0 saturated carbocycles. The number of nitrogens with two attached hydrogens (primary N) is 1. The fraction of sp³-hybridized carbons (Fsp3) is 0.444. The Kier molecular flexibility index (Phi) is 3.45. The Morgan fingerprint density at radius 1 is 1.44 bits per heavy atom. The topological polar surface area (TPSA) is 77.8 Å². The fourth-order valence-electron chi connectivity index (χ4n) is 1.16. The Morgan fingerprint density at radius 3 is 2.81 bits per heavy atom. The summed E-state index contributed by atoms with van der Waals surface area (Å²) in [5.74, 6) is 2.08. The van der Waals surface area contributed by atoms with Crippen LogP contribution in [-0.2, 0) is 12.2 Å². The first-order chi connectivity index (χ1) is 7.69. The highest BCUT2D eigenvalue weighted by Crippen LogP contribution is 2.32. The molecule has 0 spiro atoms. The van der Waals surface area contributed by atoms with Crippen molar-refractivity contribution in [2.75, 3.05) is 5.73 Å². The van der Waals surface area contributed by atoms with Crippen LogP contribution in [0.4, 0.5) is 5.13 Å². The molecule has 0 aliphatic rings. The first-order valence-corrected chi connectivity index (χ1v) is 6.66. The number of thiazole rings is 1. The molecule has 0 bridgehead atoms. The van der Waals surface area contributed by atoms with Crippen LogP contribution in [0.3, 0.4) is 0 Å². The van der Waals surface area contributed by atoms with Crippen LogP contribution in [0.15, 0.2) is 8.73 Å². The van der Waals surface area contributed by atoms with Gasteiger partial charge in [0.2, 0.25) is 5.89 Å². The molecule has 5 nitrogen and oxygen atoms in total. The van der Waals surface area contributed by atoms with E-state index >= 15 is 0 Å². The smallest absolute Gasteiger partial charge is 0.226 e. The minimum absolute atomic E-state index is 0.599. The summed E-state index contributed by atoms with van der Waals surface area (Å²) in [5.41, 5.74) is 6.58. The van der Waals surface area contributed by atoms with E-state index in [0.29, 0.717) is 22.6 Å². The van der Waals surface area contributed by atoms with Crippen LogP contribution >= 0.6 is 23.1 Å². The number of rotatable bonds is 4. The summed E-state index contributed by atoms with van der Waals surface area (Å²) in [6.45, 7) is 3.93. The molecule has 2 rings (SSSR count). The first kappa shape index (κ1) is 11.4. The molecular formula is C9H12N4OS2. The average molecular weight is 256 g/mol. The van der Waals surface area contributed by atoms with Crippen molar-refractivity contribution in [1.29, 1.82) is 0 Å². The summed E-state index contributed by atoms with van der Waals surface area (Å²) in [7, 11) is 0. The standard InChI is InChI=1S/C9H12N4OS2/c1-3-7-12-6(13-14-7)4-15-8-5(2)11-9(10)16-8/h3-4H2,1-2H3,(H2,10,11). The van der Waals surface area contributed by atoms with Gasteiger partial charge in [-0.25, -0.2) is 4.98 Å². The maximum absolute atomic E-state index is 5.62. The van der Waals surface area contributed by atoms with Crippen LogP contribution in [0.25, 0.3) is 0 Å². The number of thioether (sulfide) groups is 1. The van der Waals surface area contributed by atoms with Gasteiger partial charge in [-0.1, -0.05) is 23.4 Å². The molecule has 0 aliphatic carbocycles. The molecule has 0 atom stereocenters. The molecule has 2 aromatic heterocycles. The van der Waals surface area contributed by atoms with E-state index in [9.17, 15) is 0 Å². The van der Waals surface area contributed by atoms with Crippen LogP contribution in [0.2, 0.25) is 0 Å². The largest absolute Gasteiger partial charge is 0.375 e. The molecule has 2 N–H and O–H groups in total. The molecule has 2 aromatic rings. The van der Waals surface area contributed by atoms with E-state index in [2.05, 4.69) is 15.1 Å². The van der Waals surface area contributed by atoms with Gasteiger partial charge in [0, 0.05) is 6.42 Å². The third-order valence-electron chi connectivity index (χ3n) is 1.92. The predicted molar refractivity (Wildman–Crippen MR) is 64.5 cm³/mol. The molecule has 0 saturated heterocycles. The molecule has 0 amide bonds. The number of anilines is 1. The molecule has 86 valence electrons. The molecule has 2 heterocycles. The van der Waals surface area contributed by atoms with Crippen LogP contribution < -0.4 is 5.73 Å². The number of nitrogen functional groups attached to an aromatic ring is 1. The Balaban J connectivity index is 1.99. The average Bonchev–Trinajstić information content (AvgIpc) is 2.82. The Bertz CT molecular complexity index is 480. The maximum Gasteiger partial charge on any atom is 0.226 e. The van der Waals surface area contributed by atoms with E-state index in [1.807, 2.05) is 13.8 Å². The lowest BCUT2D eigenvalue weighted by Gasteiger charge is -1.93. The summed E-state index contributed by atoms with van der Waals surface area (Å²) in [5, 5.41) is 4.48. The minimum Gasteiger partial charge on any atom is -0.375 e. The van der Waals surface area contributed by atoms with Crippen LogP contribution in [0, 0.1) is 6.92 Å². The monoisotopic (exact) mass is 256 g/mol. The molecule has 7 heteroatoms. The zero-order valence-corrected chi connectivity index (χ0v) is 10.7. The van der Waals surface area contributed by atoms with Crippen molar-refractivity contribution in [2.45, 2.75) is 30.2 Å². The van der Waals surface area contributed by atoms with Gasteiger partial charge in [0.1, 0.15) is 0 Å². The predicted octanol–water partition coefficient (Wildman–Crippen LogP) is 2.27. The number of hydrogen-bond donors (Lipinski definition) is 1. The van der Waals surface area contributed by atoms with E-state index in [1.54, 1.807) is 11.8 Å². The van der Waals surface area contributed by atoms with E-state index in [1.165, 1.54) is 11.3 Å². The van der Waals surface area contributed by atoms with Gasteiger partial charge in [0.15, 0.2) is 11.0 Å². The third-order valence-corrected chi connectivity index (χ3v) is 4.26. The summed E-state index contributed by atoms with van der Waals surface area (Å²) >= 11 is 3.13. The van der Waals surface area contributed by atoms with Crippen molar-refractivity contribution in [3.63, 3.8) is 0 Å². The quantitative estimate of drug-likeness (QED) is 0.845. The second-order valence-electron chi connectivity index (χ2n) is 3.17. The fourth-order valence-corrected chi connectivity index (χ4v) is 3.03. The van der Waals surface area contributed by atoms with E-state index in [0.717, 1.165) is 16.3 Å². The lowest BCUT2D eigenvalue weighted by molar-refractivity contribution is 0.378. The lowest BCUT2D eigenvalue weighted by Crippen LogP contribution is -1.85. The lowest BCUT2D eigenvalue weighted by atomic mass is 10.5. The summed E-state index contributed by atoms with van der Waals surface area (Å²) in [6, 6.07) is 0. The molecule has 0 aliphatic heterocycles. The Labute approximate surface area is 101 Å². The first-order valence-electron chi connectivity index (χ1n) is 4.86. The molecule has 0 aromatic carbocycles. The number of aromatic nitrogens is 3. The highest BCUT2D eigenvalue weighted by atomic mass is 32.2. The second kappa shape index (κ2) is 4.84. The van der Waals surface area contributed by atoms with Gasteiger partial charge in [-0.05, 0) is 6.92 Å². The van der Waals surface area contributed by atoms with Gasteiger partial charge in [0.25, 0.3) is 0 Å². The molecule has 0 fully saturated rings. The van der Waals surface area contributed by atoms with Gasteiger partial charge in [0.05, 0.1) is 15.7 Å². The van der Waals surface area contributed by atoms with E-state index < -0.39 is 0 Å². The zero-order valence-electron chi connectivity index (χ0n) is 9.06. The van der Waals surface area contributed by atoms with Crippen molar-refractivity contribution in [3.05, 3.63) is 17.4 Å². The Morgan fingerprint density at radius 2 is 2.25 bits per heavy atom. The summed E-state index contributed by atoms with van der Waals surface area (Å²) in [6.07, 6.45) is 0.768. The van der Waals surface area contributed by atoms with Crippen molar-refractivity contribution in [3.8, 4) is 0 Å². The maximum atomic E-state index is 5.62. The molecule has 0 radical (unpaired) electrons. The normalized spacial score (nSPS) is 10.9. The van der Waals surface area contributed by atoms with Crippen molar-refractivity contribution in [2.24, 2.45) is 0 Å². The highest BCUT2D eigenvalue weighted by molar-refractivity contribution is 8.00. The molecule has 0 unspecified atom stereocenters. The Hall–Kier alpha value is -1.08. The number of aryl methyl sites for hydroxylation is 2. The number of nitrogens with zero attached hydrogens (tertiary/aromatic N) is 3. The highest BCUT2D eigenvalue weighted by Gasteiger charge is 2.09. The zero-order chi connectivity index (χ0) is 11.5. The molecule has 16 heavy (non-hydrogen) atoms. The van der Waals surface area contributed by atoms with Crippen LogP contribution in [-0.4, -0.2) is 15.1 Å². The summed E-state index contributed by atoms with van der Waals surface area (Å²) in [4.78, 5) is 8.39. The second-order valence-corrected chi connectivity index (χ2v) is 5.45. The van der Waals surface area contributed by atoms with E-state index in [-0.39, 0.29) is 0 Å². The van der Waals surface area contributed by atoms with Crippen molar-refractivity contribution in [1.82, 2.24) is 15.1 Å². The van der Waals surface area contributed by atoms with Gasteiger partial charge in [-0.2, -0.15) is 4.98 Å². The van der Waals surface area contributed by atoms with Gasteiger partial charge in [-0.3, -0.25) is 0 Å². The van der Waals surface area contributed by atoms with Gasteiger partial charge in [-0.15, -0.1) is 11.8 Å².